The van der Waals surface area contributed by atoms with Gasteiger partial charge in [0.25, 0.3) is 5.56 Å². The lowest BCUT2D eigenvalue weighted by molar-refractivity contribution is 0.850. The monoisotopic (exact) mass is 320 g/mol. The molecule has 0 atom stereocenters. The Balaban J connectivity index is 1.95. The zero-order valence-corrected chi connectivity index (χ0v) is 12.9. The summed E-state index contributed by atoms with van der Waals surface area (Å²) >= 11 is 7.70. The van der Waals surface area contributed by atoms with Crippen LogP contribution in [0.5, 0.6) is 0 Å². The van der Waals surface area contributed by atoms with Crippen LogP contribution in [0.25, 0.3) is 5.78 Å². The first kappa shape index (κ1) is 14.2. The molecule has 0 bridgehead atoms. The Morgan fingerprint density at radius 1 is 1.33 bits per heavy atom. The van der Waals surface area contributed by atoms with Gasteiger partial charge in [-0.15, -0.1) is 10.2 Å². The average Bonchev–Trinajstić information content (AvgIpc) is 2.88. The van der Waals surface area contributed by atoms with Gasteiger partial charge in [-0.1, -0.05) is 48.5 Å². The second-order valence-electron chi connectivity index (χ2n) is 4.50. The number of rotatable bonds is 4. The molecule has 0 aliphatic rings. The highest BCUT2D eigenvalue weighted by Gasteiger charge is 2.11. The molecule has 0 aliphatic heterocycles. The first-order valence-electron chi connectivity index (χ1n) is 6.52. The van der Waals surface area contributed by atoms with Gasteiger partial charge in [0.05, 0.1) is 0 Å². The van der Waals surface area contributed by atoms with Gasteiger partial charge in [0, 0.05) is 22.5 Å². The van der Waals surface area contributed by atoms with Crippen molar-refractivity contribution in [1.82, 2.24) is 19.6 Å². The molecule has 0 saturated heterocycles. The summed E-state index contributed by atoms with van der Waals surface area (Å²) < 4.78 is 1.88. The van der Waals surface area contributed by atoms with Crippen molar-refractivity contribution in [1.29, 1.82) is 0 Å². The van der Waals surface area contributed by atoms with E-state index in [-0.39, 0.29) is 5.56 Å². The maximum absolute atomic E-state index is 11.5. The molecule has 7 heteroatoms. The SMILES string of the molecule is CCc1cc(=O)[nH]c2nnc(SCc3ccccc3Cl)n12. The molecule has 3 aromatic rings. The van der Waals surface area contributed by atoms with E-state index in [0.717, 1.165) is 27.9 Å². The van der Waals surface area contributed by atoms with Crippen LogP contribution in [0.15, 0.2) is 40.3 Å². The summed E-state index contributed by atoms with van der Waals surface area (Å²) in [5.41, 5.74) is 1.78. The van der Waals surface area contributed by atoms with E-state index < -0.39 is 0 Å². The van der Waals surface area contributed by atoms with Gasteiger partial charge in [-0.3, -0.25) is 14.2 Å². The smallest absolute Gasteiger partial charge is 0.252 e. The number of halogens is 1. The van der Waals surface area contributed by atoms with Crippen molar-refractivity contribution in [3.05, 3.63) is 57.0 Å². The van der Waals surface area contributed by atoms with Crippen LogP contribution in [0.2, 0.25) is 5.02 Å². The Morgan fingerprint density at radius 2 is 2.14 bits per heavy atom. The largest absolute Gasteiger partial charge is 0.291 e. The Hall–Kier alpha value is -1.79. The van der Waals surface area contributed by atoms with E-state index in [2.05, 4.69) is 15.2 Å². The summed E-state index contributed by atoms with van der Waals surface area (Å²) in [7, 11) is 0. The van der Waals surface area contributed by atoms with Gasteiger partial charge in [-0.25, -0.2) is 0 Å². The summed E-state index contributed by atoms with van der Waals surface area (Å²) in [5.74, 6) is 1.17. The van der Waals surface area contributed by atoms with Crippen LogP contribution in [-0.4, -0.2) is 19.6 Å². The van der Waals surface area contributed by atoms with Crippen molar-refractivity contribution >= 4 is 29.1 Å². The number of nitrogens with zero attached hydrogens (tertiary/aromatic N) is 3. The van der Waals surface area contributed by atoms with Crippen LogP contribution in [0.4, 0.5) is 0 Å². The van der Waals surface area contributed by atoms with Crippen LogP contribution in [-0.2, 0) is 12.2 Å². The van der Waals surface area contributed by atoms with Gasteiger partial charge < -0.3 is 0 Å². The molecule has 0 saturated carbocycles. The number of aromatic nitrogens is 4. The molecular weight excluding hydrogens is 308 g/mol. The van der Waals surface area contributed by atoms with E-state index in [4.69, 9.17) is 11.6 Å². The third-order valence-corrected chi connectivity index (χ3v) is 4.48. The number of thioether (sulfide) groups is 1. The lowest BCUT2D eigenvalue weighted by Crippen LogP contribution is -2.11. The molecule has 0 fully saturated rings. The zero-order valence-electron chi connectivity index (χ0n) is 11.3. The maximum atomic E-state index is 11.5. The number of H-pyrrole nitrogens is 1. The highest BCUT2D eigenvalue weighted by Crippen LogP contribution is 2.26. The molecule has 0 amide bonds. The van der Waals surface area contributed by atoms with Crippen molar-refractivity contribution in [3.63, 3.8) is 0 Å². The van der Waals surface area contributed by atoms with Gasteiger partial charge >= 0.3 is 0 Å². The Kier molecular flexibility index (Phi) is 3.98. The van der Waals surface area contributed by atoms with E-state index in [0.29, 0.717) is 11.5 Å². The molecule has 1 N–H and O–H groups in total. The third kappa shape index (κ3) is 2.82. The highest BCUT2D eigenvalue weighted by molar-refractivity contribution is 7.98. The normalized spacial score (nSPS) is 11.1. The quantitative estimate of drug-likeness (QED) is 0.751. The Morgan fingerprint density at radius 3 is 2.90 bits per heavy atom. The second-order valence-corrected chi connectivity index (χ2v) is 5.85. The fourth-order valence-corrected chi connectivity index (χ4v) is 3.33. The van der Waals surface area contributed by atoms with E-state index in [9.17, 15) is 4.79 Å². The van der Waals surface area contributed by atoms with Crippen LogP contribution in [0.3, 0.4) is 0 Å². The lowest BCUT2D eigenvalue weighted by Gasteiger charge is -2.05. The minimum absolute atomic E-state index is 0.158. The molecule has 0 unspecified atom stereocenters. The van der Waals surface area contributed by atoms with Gasteiger partial charge in [0.1, 0.15) is 0 Å². The fraction of sp³-hybridized carbons (Fsp3) is 0.214. The Labute approximate surface area is 130 Å². The van der Waals surface area contributed by atoms with Crippen LogP contribution < -0.4 is 5.56 Å². The van der Waals surface area contributed by atoms with E-state index in [1.807, 2.05) is 35.6 Å². The second kappa shape index (κ2) is 5.91. The first-order chi connectivity index (χ1) is 10.2. The third-order valence-electron chi connectivity index (χ3n) is 3.13. The maximum Gasteiger partial charge on any atom is 0.252 e. The topological polar surface area (TPSA) is 63.0 Å². The van der Waals surface area contributed by atoms with Crippen LogP contribution >= 0.6 is 23.4 Å². The van der Waals surface area contributed by atoms with E-state index >= 15 is 0 Å². The minimum Gasteiger partial charge on any atom is -0.291 e. The molecule has 5 nitrogen and oxygen atoms in total. The van der Waals surface area contributed by atoms with Crippen LogP contribution in [0.1, 0.15) is 18.2 Å². The van der Waals surface area contributed by atoms with Crippen molar-refractivity contribution < 1.29 is 0 Å². The Bertz CT molecular complexity index is 842. The van der Waals surface area contributed by atoms with Gasteiger partial charge in [-0.05, 0) is 18.1 Å². The molecule has 1 aromatic carbocycles. The first-order valence-corrected chi connectivity index (χ1v) is 7.89. The zero-order chi connectivity index (χ0) is 14.8. The lowest BCUT2D eigenvalue weighted by atomic mass is 10.2. The van der Waals surface area contributed by atoms with Gasteiger partial charge in [0.2, 0.25) is 5.78 Å². The molecule has 0 spiro atoms. The van der Waals surface area contributed by atoms with Gasteiger partial charge in [0.15, 0.2) is 5.16 Å². The van der Waals surface area contributed by atoms with Crippen molar-refractivity contribution in [3.8, 4) is 0 Å². The summed E-state index contributed by atoms with van der Waals surface area (Å²) in [5, 5.41) is 9.67. The number of benzene rings is 1. The average molecular weight is 321 g/mol. The number of hydrogen-bond donors (Lipinski definition) is 1. The summed E-state index contributed by atoms with van der Waals surface area (Å²) in [6.45, 7) is 2.00. The van der Waals surface area contributed by atoms with E-state index in [1.54, 1.807) is 17.8 Å². The molecule has 0 aliphatic carbocycles. The van der Waals surface area contributed by atoms with Crippen molar-refractivity contribution in [2.45, 2.75) is 24.3 Å². The predicted octanol–water partition coefficient (Wildman–Crippen LogP) is 2.93. The molecule has 0 radical (unpaired) electrons. The fourth-order valence-electron chi connectivity index (χ4n) is 2.08. The summed E-state index contributed by atoms with van der Waals surface area (Å²) in [4.78, 5) is 14.2. The number of hydrogen-bond acceptors (Lipinski definition) is 4. The van der Waals surface area contributed by atoms with Gasteiger partial charge in [-0.2, -0.15) is 0 Å². The highest BCUT2D eigenvalue weighted by atomic mass is 35.5. The van der Waals surface area contributed by atoms with Crippen molar-refractivity contribution in [2.75, 3.05) is 0 Å². The number of nitrogens with one attached hydrogen (secondary N) is 1. The standard InChI is InChI=1S/C14H13ClN4OS/c1-2-10-7-12(20)16-13-17-18-14(19(10)13)21-8-9-5-3-4-6-11(9)15/h3-7H,2,8H2,1H3,(H,16,17,20). The van der Waals surface area contributed by atoms with Crippen LogP contribution in [0, 0.1) is 0 Å². The number of fused-ring (bicyclic) bond motifs is 1. The molecule has 3 rings (SSSR count). The van der Waals surface area contributed by atoms with Crippen molar-refractivity contribution in [2.24, 2.45) is 0 Å². The number of aryl methyl sites for hydroxylation is 1. The molecule has 2 aromatic heterocycles. The molecule has 2 heterocycles. The summed E-state index contributed by atoms with van der Waals surface area (Å²) in [6.07, 6.45) is 0.734. The molecular formula is C14H13ClN4OS. The number of aromatic amines is 1. The summed E-state index contributed by atoms with van der Waals surface area (Å²) in [6, 6.07) is 9.30. The minimum atomic E-state index is -0.158. The molecule has 21 heavy (non-hydrogen) atoms. The molecule has 108 valence electrons. The predicted molar refractivity (Wildman–Crippen MR) is 84.0 cm³/mol. The van der Waals surface area contributed by atoms with E-state index in [1.165, 1.54) is 0 Å².